The van der Waals surface area contributed by atoms with Crippen molar-refractivity contribution >= 4 is 23.4 Å². The predicted octanol–water partition coefficient (Wildman–Crippen LogP) is 3.67. The smallest absolute Gasteiger partial charge is 0.338 e. The minimum Gasteiger partial charge on any atom is -0.465 e. The number of ether oxygens (including phenoxy) is 1. The minimum absolute atomic E-state index is 0.171. The van der Waals surface area contributed by atoms with Gasteiger partial charge in [-0.3, -0.25) is 4.79 Å². The van der Waals surface area contributed by atoms with Gasteiger partial charge < -0.3 is 4.74 Å². The molecule has 0 atom stereocenters. The summed E-state index contributed by atoms with van der Waals surface area (Å²) in [6.45, 7) is 1.93. The predicted molar refractivity (Wildman–Crippen MR) is 77.4 cm³/mol. The third-order valence-corrected chi connectivity index (χ3v) is 3.27. The molecular weight excluding hydrogens is 276 g/mol. The Morgan fingerprint density at radius 3 is 2.30 bits per heavy atom. The molecule has 20 heavy (non-hydrogen) atoms. The van der Waals surface area contributed by atoms with Gasteiger partial charge in [0.1, 0.15) is 0 Å². The fourth-order valence-electron chi connectivity index (χ4n) is 1.88. The molecule has 0 aliphatic rings. The van der Waals surface area contributed by atoms with Gasteiger partial charge in [0, 0.05) is 5.56 Å². The summed E-state index contributed by atoms with van der Waals surface area (Å²) in [5, 5.41) is 0.235. The Morgan fingerprint density at radius 2 is 1.70 bits per heavy atom. The van der Waals surface area contributed by atoms with Crippen LogP contribution in [-0.2, 0) is 4.74 Å². The van der Waals surface area contributed by atoms with E-state index in [1.807, 2.05) is 19.1 Å². The molecule has 102 valence electrons. The number of halogens is 1. The van der Waals surface area contributed by atoms with Gasteiger partial charge in [-0.25, -0.2) is 4.79 Å². The first-order valence-electron chi connectivity index (χ1n) is 6.02. The topological polar surface area (TPSA) is 43.4 Å². The second kappa shape index (κ2) is 5.88. The molecule has 0 bridgehead atoms. The van der Waals surface area contributed by atoms with Crippen LogP contribution in [-0.4, -0.2) is 18.9 Å². The maximum absolute atomic E-state index is 12.5. The molecule has 0 aromatic heterocycles. The van der Waals surface area contributed by atoms with E-state index in [9.17, 15) is 9.59 Å². The molecule has 0 N–H and O–H groups in total. The monoisotopic (exact) mass is 288 g/mol. The molecule has 0 aliphatic carbocycles. The van der Waals surface area contributed by atoms with E-state index in [2.05, 4.69) is 4.74 Å². The Labute approximate surface area is 122 Å². The van der Waals surface area contributed by atoms with Gasteiger partial charge in [-0.1, -0.05) is 47.5 Å². The normalized spacial score (nSPS) is 10.2. The van der Waals surface area contributed by atoms with E-state index in [0.29, 0.717) is 5.56 Å². The second-order valence-electron chi connectivity index (χ2n) is 4.35. The highest BCUT2D eigenvalue weighted by Crippen LogP contribution is 2.24. The van der Waals surface area contributed by atoms with Crippen LogP contribution in [0.25, 0.3) is 0 Å². The molecule has 2 rings (SSSR count). The molecule has 0 heterocycles. The molecule has 0 amide bonds. The number of carbonyl (C=O) groups is 2. The summed E-state index contributed by atoms with van der Waals surface area (Å²) in [5.74, 6) is -0.876. The summed E-state index contributed by atoms with van der Waals surface area (Å²) in [4.78, 5) is 24.3. The minimum atomic E-state index is -0.581. The summed E-state index contributed by atoms with van der Waals surface area (Å²) in [6, 6.07) is 11.8. The average molecular weight is 289 g/mol. The first-order chi connectivity index (χ1) is 9.54. The van der Waals surface area contributed by atoms with E-state index in [1.54, 1.807) is 24.3 Å². The lowest BCUT2D eigenvalue weighted by atomic mass is 9.97. The Kier molecular flexibility index (Phi) is 4.20. The van der Waals surface area contributed by atoms with E-state index in [1.165, 1.54) is 13.2 Å². The largest absolute Gasteiger partial charge is 0.465 e. The van der Waals surface area contributed by atoms with Crippen molar-refractivity contribution in [1.82, 2.24) is 0 Å². The van der Waals surface area contributed by atoms with Crippen molar-refractivity contribution in [2.45, 2.75) is 6.92 Å². The first kappa shape index (κ1) is 14.3. The zero-order chi connectivity index (χ0) is 14.7. The van der Waals surface area contributed by atoms with Gasteiger partial charge in [0.15, 0.2) is 5.78 Å². The Balaban J connectivity index is 2.54. The molecule has 0 fully saturated rings. The standard InChI is InChI=1S/C16H13ClO3/c1-10-6-8-11(9-7-10)15(18)14-12(16(19)20-2)4-3-5-13(14)17/h3-9H,1-2H3. The number of hydrogen-bond acceptors (Lipinski definition) is 3. The molecule has 4 heteroatoms. The van der Waals surface area contributed by atoms with E-state index in [0.717, 1.165) is 5.56 Å². The summed E-state index contributed by atoms with van der Waals surface area (Å²) >= 11 is 6.08. The van der Waals surface area contributed by atoms with Crippen molar-refractivity contribution in [3.05, 3.63) is 69.7 Å². The Morgan fingerprint density at radius 1 is 1.05 bits per heavy atom. The van der Waals surface area contributed by atoms with Crippen molar-refractivity contribution < 1.29 is 14.3 Å². The number of rotatable bonds is 3. The van der Waals surface area contributed by atoms with Crippen LogP contribution in [0.3, 0.4) is 0 Å². The van der Waals surface area contributed by atoms with Crippen LogP contribution in [0.15, 0.2) is 42.5 Å². The molecule has 0 unspecified atom stereocenters. The first-order valence-corrected chi connectivity index (χ1v) is 6.40. The van der Waals surface area contributed by atoms with Gasteiger partial charge in [-0.2, -0.15) is 0 Å². The van der Waals surface area contributed by atoms with Gasteiger partial charge >= 0.3 is 5.97 Å². The van der Waals surface area contributed by atoms with Crippen molar-refractivity contribution in [3.8, 4) is 0 Å². The molecule has 0 aliphatic heterocycles. The highest BCUT2D eigenvalue weighted by Gasteiger charge is 2.21. The van der Waals surface area contributed by atoms with Crippen LogP contribution in [0, 0.1) is 6.92 Å². The third kappa shape index (κ3) is 2.73. The van der Waals surface area contributed by atoms with Crippen molar-refractivity contribution in [2.24, 2.45) is 0 Å². The summed E-state index contributed by atoms with van der Waals surface area (Å²) < 4.78 is 4.69. The van der Waals surface area contributed by atoms with Crippen LogP contribution < -0.4 is 0 Å². The molecule has 0 radical (unpaired) electrons. The molecular formula is C16H13ClO3. The van der Waals surface area contributed by atoms with Crippen LogP contribution in [0.1, 0.15) is 31.8 Å². The van der Waals surface area contributed by atoms with Crippen molar-refractivity contribution in [2.75, 3.05) is 7.11 Å². The van der Waals surface area contributed by atoms with Crippen LogP contribution in [0.2, 0.25) is 5.02 Å². The van der Waals surface area contributed by atoms with E-state index >= 15 is 0 Å². The van der Waals surface area contributed by atoms with E-state index in [-0.39, 0.29) is 21.9 Å². The van der Waals surface area contributed by atoms with Crippen molar-refractivity contribution in [1.29, 1.82) is 0 Å². The zero-order valence-electron chi connectivity index (χ0n) is 11.1. The molecule has 0 saturated carbocycles. The van der Waals surface area contributed by atoms with Gasteiger partial charge in [-0.15, -0.1) is 0 Å². The molecule has 0 spiro atoms. The van der Waals surface area contributed by atoms with Crippen LogP contribution in [0.4, 0.5) is 0 Å². The number of ketones is 1. The fourth-order valence-corrected chi connectivity index (χ4v) is 2.14. The zero-order valence-corrected chi connectivity index (χ0v) is 11.9. The lowest BCUT2D eigenvalue weighted by molar-refractivity contribution is 0.0597. The van der Waals surface area contributed by atoms with Gasteiger partial charge in [0.2, 0.25) is 0 Å². The fraction of sp³-hybridized carbons (Fsp3) is 0.125. The van der Waals surface area contributed by atoms with Gasteiger partial charge in [0.05, 0.1) is 23.3 Å². The van der Waals surface area contributed by atoms with Gasteiger partial charge in [0.25, 0.3) is 0 Å². The lowest BCUT2D eigenvalue weighted by Crippen LogP contribution is -2.12. The maximum Gasteiger partial charge on any atom is 0.338 e. The Bertz CT molecular complexity index is 660. The number of benzene rings is 2. The van der Waals surface area contributed by atoms with E-state index < -0.39 is 5.97 Å². The SMILES string of the molecule is COC(=O)c1cccc(Cl)c1C(=O)c1ccc(C)cc1. The summed E-state index contributed by atoms with van der Waals surface area (Å²) in [6.07, 6.45) is 0. The number of carbonyl (C=O) groups excluding carboxylic acids is 2. The third-order valence-electron chi connectivity index (χ3n) is 2.96. The quantitative estimate of drug-likeness (QED) is 0.639. The molecule has 3 nitrogen and oxygen atoms in total. The van der Waals surface area contributed by atoms with Crippen LogP contribution in [0.5, 0.6) is 0 Å². The number of hydrogen-bond donors (Lipinski definition) is 0. The number of esters is 1. The molecule has 0 saturated heterocycles. The highest BCUT2D eigenvalue weighted by molar-refractivity contribution is 6.36. The molecule has 2 aromatic rings. The number of aryl methyl sites for hydroxylation is 1. The summed E-state index contributed by atoms with van der Waals surface area (Å²) in [7, 11) is 1.27. The van der Waals surface area contributed by atoms with Crippen LogP contribution >= 0.6 is 11.6 Å². The number of methoxy groups -OCH3 is 1. The Hall–Kier alpha value is -2.13. The maximum atomic E-state index is 12.5. The van der Waals surface area contributed by atoms with Crippen molar-refractivity contribution in [3.63, 3.8) is 0 Å². The highest BCUT2D eigenvalue weighted by atomic mass is 35.5. The van der Waals surface area contributed by atoms with Gasteiger partial charge in [-0.05, 0) is 19.1 Å². The molecule has 2 aromatic carbocycles. The van der Waals surface area contributed by atoms with E-state index in [4.69, 9.17) is 11.6 Å². The summed E-state index contributed by atoms with van der Waals surface area (Å²) in [5.41, 5.74) is 1.87. The lowest BCUT2D eigenvalue weighted by Gasteiger charge is -2.09. The second-order valence-corrected chi connectivity index (χ2v) is 4.76. The average Bonchev–Trinajstić information content (AvgIpc) is 2.46.